The molecule has 13 atom stereocenters. The fourth-order valence-electron chi connectivity index (χ4n) is 12.4. The lowest BCUT2D eigenvalue weighted by Crippen LogP contribution is -2.62. The van der Waals surface area contributed by atoms with Gasteiger partial charge in [-0.05, 0) is 165 Å². The predicted molar refractivity (Wildman–Crippen MR) is 439 cm³/mol. The van der Waals surface area contributed by atoms with Gasteiger partial charge in [0, 0.05) is 67.4 Å². The summed E-state index contributed by atoms with van der Waals surface area (Å²) < 4.78 is 1.14. The van der Waals surface area contributed by atoms with Crippen molar-refractivity contribution in [2.45, 2.75) is 181 Å². The summed E-state index contributed by atoms with van der Waals surface area (Å²) in [6.45, 7) is 4.98. The third kappa shape index (κ3) is 29.4. The van der Waals surface area contributed by atoms with E-state index >= 15 is 4.79 Å². The molecular formula is C78H113N23O16S. The zero-order chi connectivity index (χ0) is 86.7. The van der Waals surface area contributed by atoms with E-state index in [1.165, 1.54) is 37.6 Å². The Morgan fingerprint density at radius 1 is 0.619 bits per heavy atom. The number of carbonyl (C=O) groups is 14. The first-order valence-corrected chi connectivity index (χ1v) is 39.8. The minimum Gasteiger partial charge on any atom is -0.391 e. The topological polar surface area (TPSA) is 626 Å². The molecule has 0 aliphatic carbocycles. The maximum Gasteiger partial charge on any atom is 0.345 e. The summed E-state index contributed by atoms with van der Waals surface area (Å²) in [5.41, 5.74) is 37.9. The first-order valence-electron chi connectivity index (χ1n) is 39.0. The Balaban J connectivity index is 1.26. The van der Waals surface area contributed by atoms with Crippen molar-refractivity contribution in [1.29, 1.82) is 0 Å². The lowest BCUT2D eigenvalue weighted by atomic mass is 10.00. The number of benzene rings is 3. The lowest BCUT2D eigenvalue weighted by molar-refractivity contribution is -0.137. The predicted octanol–water partition coefficient (Wildman–Crippen LogP) is -4.60. The number of fused-ring (bicyclic) bond motifs is 1. The molecule has 14 amide bonds. The second kappa shape index (κ2) is 48.4. The standard InChI is InChI=1S/C78H113N23O16S/c1-43(2)40-59-74(113)92-54(24-31-80)68(107)91-57(27-34-83)73(112)97-64(45(4)102)76(115)87-36-28-58(71(110)90-55(25-32-81)70(109)96-60(75(114)95-59)41-47-14-8-7-9-15-47)93-69(108)56(26-33-82)94-77(116)65(46(5)103)98-72(111)53(23-30-79)89-63(104)29-38-100(39-37-88-66(105)44(3)84)78(117)101-61-42-49(118-62-18-11-10-17-51(62)67(106)85-6)20-21-50(61)52(99-101)22-19-48-16-12-13-35-86-48/h7-22,35,42-46,53-60,64-65,102-103H,23-34,36-41,79-84H2,1-6H3,(H,85,106)(H,87,115)(H,88,105)(H,89,104)(H,90,110)(H,91,107)(H,92,113)(H,93,108)(H,94,116)(H,95,114)(H,96,109)(H,97,112)(H,98,111)/b22-19+/t44-,45+,46+,53-,54-,55-,56-,57-,58-,59-,60+,64-,65-/m0/s1. The molecule has 0 radical (unpaired) electrons. The number of aliphatic hydroxyl groups excluding tert-OH is 2. The van der Waals surface area contributed by atoms with E-state index in [0.717, 1.165) is 11.6 Å². The van der Waals surface area contributed by atoms with Crippen molar-refractivity contribution in [2.75, 3.05) is 66.0 Å². The summed E-state index contributed by atoms with van der Waals surface area (Å²) in [5.74, 6) is -11.9. The van der Waals surface area contributed by atoms with Crippen molar-refractivity contribution >= 4 is 118 Å². The van der Waals surface area contributed by atoms with Crippen molar-refractivity contribution in [3.05, 3.63) is 120 Å². The molecule has 0 bridgehead atoms. The van der Waals surface area contributed by atoms with E-state index in [4.69, 9.17) is 39.5 Å². The Hall–Kier alpha value is -11.4. The molecule has 40 heteroatoms. The van der Waals surface area contributed by atoms with Gasteiger partial charge in [0.1, 0.15) is 60.4 Å². The maximum atomic E-state index is 15.1. The number of pyridine rings is 1. The van der Waals surface area contributed by atoms with Gasteiger partial charge in [0.05, 0.1) is 40.7 Å². The highest BCUT2D eigenvalue weighted by atomic mass is 32.2. The van der Waals surface area contributed by atoms with E-state index in [1.807, 2.05) is 0 Å². The van der Waals surface area contributed by atoms with Crippen LogP contribution < -0.4 is 104 Å². The van der Waals surface area contributed by atoms with E-state index in [-0.39, 0.29) is 109 Å². The van der Waals surface area contributed by atoms with E-state index in [0.29, 0.717) is 43.2 Å². The Morgan fingerprint density at radius 3 is 1.78 bits per heavy atom. The summed E-state index contributed by atoms with van der Waals surface area (Å²) in [7, 11) is 1.51. The summed E-state index contributed by atoms with van der Waals surface area (Å²) in [6, 6.07) is 8.48. The molecule has 3 aromatic carbocycles. The zero-order valence-corrected chi connectivity index (χ0v) is 67.8. The average Bonchev–Trinajstić information content (AvgIpc) is 1.62. The van der Waals surface area contributed by atoms with Crippen LogP contribution in [0.2, 0.25) is 0 Å². The van der Waals surface area contributed by atoms with Gasteiger partial charge >= 0.3 is 6.03 Å². The van der Waals surface area contributed by atoms with Crippen molar-refractivity contribution < 1.29 is 77.3 Å². The Morgan fingerprint density at radius 2 is 1.19 bits per heavy atom. The number of nitrogens with one attached hydrogen (secondary N) is 13. The number of carbonyl (C=O) groups excluding carboxylic acids is 14. The van der Waals surface area contributed by atoms with Crippen molar-refractivity contribution in [3.63, 3.8) is 0 Å². The van der Waals surface area contributed by atoms with Gasteiger partial charge in [-0.2, -0.15) is 9.78 Å². The molecule has 1 fully saturated rings. The number of hydrogen-bond donors (Lipinski definition) is 21. The maximum absolute atomic E-state index is 15.1. The van der Waals surface area contributed by atoms with Crippen LogP contribution in [0.4, 0.5) is 4.79 Å². The van der Waals surface area contributed by atoms with Gasteiger partial charge in [0.2, 0.25) is 70.9 Å². The van der Waals surface area contributed by atoms with Gasteiger partial charge in [-0.25, -0.2) is 4.79 Å². The van der Waals surface area contributed by atoms with Crippen LogP contribution in [0.5, 0.6) is 0 Å². The van der Waals surface area contributed by atoms with E-state index in [9.17, 15) is 72.5 Å². The highest BCUT2D eigenvalue weighted by molar-refractivity contribution is 7.99. The Bertz CT molecular complexity index is 4290. The lowest BCUT2D eigenvalue weighted by Gasteiger charge is -2.29. The summed E-state index contributed by atoms with van der Waals surface area (Å²) in [6.07, 6.45) is -0.837. The number of rotatable bonds is 35. The fraction of sp³-hybridized carbons (Fsp3) is 0.487. The van der Waals surface area contributed by atoms with Crippen LogP contribution in [0, 0.1) is 5.92 Å². The normalized spacial score (nSPS) is 19.7. The molecule has 2 aromatic heterocycles. The minimum atomic E-state index is -1.89. The molecule has 3 heterocycles. The Labute approximate surface area is 687 Å². The van der Waals surface area contributed by atoms with Crippen molar-refractivity contribution in [3.8, 4) is 0 Å². The molecule has 6 rings (SSSR count). The molecule has 1 aliphatic heterocycles. The van der Waals surface area contributed by atoms with Crippen molar-refractivity contribution in [1.82, 2.24) is 88.8 Å². The SMILES string of the molecule is CNC(=O)c1ccccc1Sc1ccc2c(/C=C/c3ccccn3)nn(C(=O)N(CCNC(=O)[C@H](C)N)CCC(=O)N[C@@H](CCN)C(=O)N[C@H](C(=O)N[C@@H](CCN)C(=O)N[C@H]3CCNC(=O)[C@H]([C@@H](C)O)NC(=O)[C@H](CCN)NC(=O)[C@H](CCN)NC(=O)[C@H](CC(C)C)NC(=O)[C@@H](Cc4ccccc4)NC(=O)[C@H](CCN)NC3=O)[C@@H](C)O)c2c1. The van der Waals surface area contributed by atoms with Gasteiger partial charge < -0.3 is 119 Å². The second-order valence-corrected chi connectivity index (χ2v) is 29.7. The molecule has 118 heavy (non-hydrogen) atoms. The summed E-state index contributed by atoms with van der Waals surface area (Å²) >= 11 is 1.26. The van der Waals surface area contributed by atoms with Crippen LogP contribution in [0.25, 0.3) is 23.1 Å². The smallest absolute Gasteiger partial charge is 0.345 e. The van der Waals surface area contributed by atoms with Crippen LogP contribution >= 0.6 is 11.8 Å². The van der Waals surface area contributed by atoms with Gasteiger partial charge in [0.25, 0.3) is 5.91 Å². The molecule has 5 aromatic rings. The summed E-state index contributed by atoms with van der Waals surface area (Å²) in [4.78, 5) is 206. The van der Waals surface area contributed by atoms with Crippen LogP contribution in [0.1, 0.15) is 113 Å². The third-order valence-corrected chi connectivity index (χ3v) is 19.8. The molecule has 0 saturated carbocycles. The number of nitrogens with two attached hydrogens (primary N) is 6. The third-order valence-electron chi connectivity index (χ3n) is 18.7. The monoisotopic (exact) mass is 1660 g/mol. The Kier molecular flexibility index (Phi) is 39.1. The van der Waals surface area contributed by atoms with Crippen molar-refractivity contribution in [2.24, 2.45) is 40.3 Å². The van der Waals surface area contributed by atoms with Crippen LogP contribution in [0.15, 0.2) is 107 Å². The van der Waals surface area contributed by atoms with E-state index in [2.05, 4.69) is 74.1 Å². The molecule has 39 nitrogen and oxygen atoms in total. The van der Waals surface area contributed by atoms with Crippen LogP contribution in [0.3, 0.4) is 0 Å². The van der Waals surface area contributed by atoms with Gasteiger partial charge in [-0.15, -0.1) is 0 Å². The summed E-state index contributed by atoms with van der Waals surface area (Å²) in [5, 5.41) is 60.7. The highest BCUT2D eigenvalue weighted by Gasteiger charge is 2.39. The number of hydrogen-bond acceptors (Lipinski definition) is 25. The molecule has 1 aliphatic rings. The number of amides is 14. The van der Waals surface area contributed by atoms with Gasteiger partial charge in [-0.3, -0.25) is 67.3 Å². The number of aromatic nitrogens is 3. The highest BCUT2D eigenvalue weighted by Crippen LogP contribution is 2.34. The number of nitrogens with zero attached hydrogens (tertiary/aromatic N) is 4. The zero-order valence-electron chi connectivity index (χ0n) is 67.0. The molecule has 27 N–H and O–H groups in total. The van der Waals surface area contributed by atoms with E-state index in [1.54, 1.807) is 123 Å². The molecule has 642 valence electrons. The largest absolute Gasteiger partial charge is 0.391 e. The van der Waals surface area contributed by atoms with Crippen LogP contribution in [-0.2, 0) is 64.0 Å². The fourth-order valence-corrected chi connectivity index (χ4v) is 13.4. The molecule has 0 unspecified atom stereocenters. The first kappa shape index (κ1) is 95.5. The number of aliphatic hydroxyl groups is 2. The molecule has 0 spiro atoms. The minimum absolute atomic E-state index is 0.00944. The average molecular weight is 1660 g/mol. The second-order valence-electron chi connectivity index (χ2n) is 28.6. The molecular weight excluding hydrogens is 1550 g/mol. The molecule has 1 saturated heterocycles. The first-order chi connectivity index (χ1) is 56.3. The van der Waals surface area contributed by atoms with Crippen LogP contribution in [-0.4, -0.2) is 257 Å². The quantitative estimate of drug-likeness (QED) is 0.0181. The van der Waals surface area contributed by atoms with E-state index < -0.39 is 175 Å². The van der Waals surface area contributed by atoms with Gasteiger partial charge in [-0.1, -0.05) is 74.1 Å². The van der Waals surface area contributed by atoms with Gasteiger partial charge in [0.15, 0.2) is 0 Å².